The van der Waals surface area contributed by atoms with E-state index in [4.69, 9.17) is 4.55 Å². The summed E-state index contributed by atoms with van der Waals surface area (Å²) in [6, 6.07) is 0. The summed E-state index contributed by atoms with van der Waals surface area (Å²) < 4.78 is 39.9. The molecule has 0 heterocycles. The van der Waals surface area contributed by atoms with Crippen LogP contribution in [0.1, 0.15) is 0 Å². The van der Waals surface area contributed by atoms with Crippen molar-refractivity contribution in [2.45, 2.75) is 0 Å². The van der Waals surface area contributed by atoms with Gasteiger partial charge in [0.2, 0.25) is 0 Å². The maximum atomic E-state index is 10.2. The smallest absolute Gasteiger partial charge is 0.438 e. The summed E-state index contributed by atoms with van der Waals surface area (Å²) in [5.41, 5.74) is 0. The highest BCUT2D eigenvalue weighted by Crippen LogP contribution is 1.87. The third-order valence-corrected chi connectivity index (χ3v) is 1.17. The lowest BCUT2D eigenvalue weighted by molar-refractivity contribution is 0.0607. The lowest BCUT2D eigenvalue weighted by atomic mass is 10.8. The van der Waals surface area contributed by atoms with Crippen molar-refractivity contribution >= 4 is 16.6 Å². The monoisotopic (exact) mass is 200 g/mol. The molecular formula is C4H8O7S. The summed E-state index contributed by atoms with van der Waals surface area (Å²) in [5.74, 6) is 0. The quantitative estimate of drug-likeness (QED) is 0.374. The first-order chi connectivity index (χ1) is 5.45. The minimum atomic E-state index is -4.46. The zero-order chi connectivity index (χ0) is 9.61. The Morgan fingerprint density at radius 2 is 2.00 bits per heavy atom. The number of rotatable bonds is 4. The molecule has 0 aromatic rings. The molecule has 1 N–H and O–H groups in total. The predicted molar refractivity (Wildman–Crippen MR) is 35.9 cm³/mol. The first-order valence-corrected chi connectivity index (χ1v) is 4.15. The molecule has 0 saturated carbocycles. The van der Waals surface area contributed by atoms with Crippen molar-refractivity contribution in [3.63, 3.8) is 0 Å². The molecule has 0 saturated heterocycles. The van der Waals surface area contributed by atoms with Gasteiger partial charge in [-0.05, 0) is 0 Å². The third-order valence-electron chi connectivity index (χ3n) is 0.702. The van der Waals surface area contributed by atoms with Crippen LogP contribution in [0.2, 0.25) is 0 Å². The summed E-state index contributed by atoms with van der Waals surface area (Å²) in [6.07, 6.45) is -0.950. The highest BCUT2D eigenvalue weighted by Gasteiger charge is 2.05. The van der Waals surface area contributed by atoms with Crippen molar-refractivity contribution in [1.29, 1.82) is 0 Å². The molecule has 0 unspecified atom stereocenters. The molecule has 8 heteroatoms. The molecule has 0 atom stereocenters. The van der Waals surface area contributed by atoms with Crippen LogP contribution in [0.4, 0.5) is 4.79 Å². The van der Waals surface area contributed by atoms with Crippen LogP contribution in [0, 0.1) is 0 Å². The SMILES string of the molecule is COC(=O)OCCOS(=O)(=O)O. The lowest BCUT2D eigenvalue weighted by Crippen LogP contribution is -2.13. The molecular weight excluding hydrogens is 192 g/mol. The zero-order valence-corrected chi connectivity index (χ0v) is 7.04. The Balaban J connectivity index is 3.40. The van der Waals surface area contributed by atoms with Gasteiger partial charge in [-0.15, -0.1) is 0 Å². The second kappa shape index (κ2) is 4.91. The first-order valence-electron chi connectivity index (χ1n) is 2.78. The summed E-state index contributed by atoms with van der Waals surface area (Å²) in [7, 11) is -3.36. The van der Waals surface area contributed by atoms with Crippen molar-refractivity contribution in [1.82, 2.24) is 0 Å². The fourth-order valence-corrected chi connectivity index (χ4v) is 0.602. The Labute approximate surface area is 69.2 Å². The molecule has 0 aromatic heterocycles. The van der Waals surface area contributed by atoms with Gasteiger partial charge in [-0.3, -0.25) is 4.55 Å². The number of carbonyl (C=O) groups excluding carboxylic acids is 1. The second-order valence-electron chi connectivity index (χ2n) is 1.55. The number of ether oxygens (including phenoxy) is 2. The van der Waals surface area contributed by atoms with Crippen molar-refractivity contribution < 1.29 is 31.4 Å². The van der Waals surface area contributed by atoms with E-state index < -0.39 is 23.2 Å². The molecule has 72 valence electrons. The Morgan fingerprint density at radius 1 is 1.42 bits per heavy atom. The molecule has 0 spiro atoms. The zero-order valence-electron chi connectivity index (χ0n) is 6.22. The van der Waals surface area contributed by atoms with Gasteiger partial charge in [0.05, 0.1) is 7.11 Å². The number of carbonyl (C=O) groups is 1. The lowest BCUT2D eigenvalue weighted by Gasteiger charge is -2.01. The average Bonchev–Trinajstić information content (AvgIpc) is 1.96. The van der Waals surface area contributed by atoms with E-state index in [-0.39, 0.29) is 6.61 Å². The molecule has 0 fully saturated rings. The van der Waals surface area contributed by atoms with Crippen LogP contribution in [0.15, 0.2) is 0 Å². The maximum Gasteiger partial charge on any atom is 0.508 e. The van der Waals surface area contributed by atoms with Gasteiger partial charge in [-0.1, -0.05) is 0 Å². The molecule has 0 aliphatic carbocycles. The van der Waals surface area contributed by atoms with E-state index in [1.54, 1.807) is 0 Å². The fourth-order valence-electron chi connectivity index (χ4n) is 0.323. The van der Waals surface area contributed by atoms with Crippen LogP contribution in [0.5, 0.6) is 0 Å². The third kappa shape index (κ3) is 7.25. The van der Waals surface area contributed by atoms with Crippen LogP contribution in [0.3, 0.4) is 0 Å². The first kappa shape index (κ1) is 11.1. The van der Waals surface area contributed by atoms with Gasteiger partial charge in [0, 0.05) is 0 Å². The Hall–Kier alpha value is -0.860. The Kier molecular flexibility index (Phi) is 4.55. The van der Waals surface area contributed by atoms with Crippen molar-refractivity contribution in [2.24, 2.45) is 0 Å². The second-order valence-corrected chi connectivity index (χ2v) is 2.64. The molecule has 0 aromatic carbocycles. The van der Waals surface area contributed by atoms with Crippen molar-refractivity contribution in [3.8, 4) is 0 Å². The van der Waals surface area contributed by atoms with E-state index in [0.29, 0.717) is 0 Å². The number of methoxy groups -OCH3 is 1. The molecule has 0 amide bonds. The van der Waals surface area contributed by atoms with Gasteiger partial charge in [0.1, 0.15) is 13.2 Å². The van der Waals surface area contributed by atoms with Crippen LogP contribution < -0.4 is 0 Å². The van der Waals surface area contributed by atoms with Gasteiger partial charge < -0.3 is 9.47 Å². The van der Waals surface area contributed by atoms with E-state index >= 15 is 0 Å². The van der Waals surface area contributed by atoms with Crippen LogP contribution in [-0.4, -0.2) is 39.4 Å². The van der Waals surface area contributed by atoms with E-state index in [1.165, 1.54) is 0 Å². The van der Waals surface area contributed by atoms with Crippen LogP contribution in [0.25, 0.3) is 0 Å². The average molecular weight is 200 g/mol. The van der Waals surface area contributed by atoms with E-state index in [9.17, 15) is 13.2 Å². The van der Waals surface area contributed by atoms with E-state index in [0.717, 1.165) is 7.11 Å². The molecule has 0 bridgehead atoms. The van der Waals surface area contributed by atoms with Crippen molar-refractivity contribution in [2.75, 3.05) is 20.3 Å². The molecule has 7 nitrogen and oxygen atoms in total. The van der Waals surface area contributed by atoms with Gasteiger partial charge in [0.15, 0.2) is 0 Å². The minimum absolute atomic E-state index is 0.313. The van der Waals surface area contributed by atoms with E-state index in [1.807, 2.05) is 0 Å². The maximum absolute atomic E-state index is 10.2. The van der Waals surface area contributed by atoms with Gasteiger partial charge in [-0.2, -0.15) is 8.42 Å². The Morgan fingerprint density at radius 3 is 2.42 bits per heavy atom. The normalized spacial score (nSPS) is 10.8. The van der Waals surface area contributed by atoms with E-state index in [2.05, 4.69) is 13.7 Å². The summed E-state index contributed by atoms with van der Waals surface area (Å²) in [6.45, 7) is -0.763. The molecule has 0 radical (unpaired) electrons. The van der Waals surface area contributed by atoms with Gasteiger partial charge in [-0.25, -0.2) is 8.98 Å². The summed E-state index contributed by atoms with van der Waals surface area (Å²) >= 11 is 0. The molecule has 0 aliphatic rings. The van der Waals surface area contributed by atoms with Gasteiger partial charge in [0.25, 0.3) is 0 Å². The topological polar surface area (TPSA) is 99.1 Å². The van der Waals surface area contributed by atoms with Crippen molar-refractivity contribution in [3.05, 3.63) is 0 Å². The standard InChI is InChI=1S/C4H8O7S/c1-9-4(5)10-2-3-11-12(6,7)8/h2-3H2,1H3,(H,6,7,8). The predicted octanol–water partition coefficient (Wildman–Crippen LogP) is -0.411. The highest BCUT2D eigenvalue weighted by atomic mass is 32.3. The highest BCUT2D eigenvalue weighted by molar-refractivity contribution is 7.80. The summed E-state index contributed by atoms with van der Waals surface area (Å²) in [4.78, 5) is 10.2. The minimum Gasteiger partial charge on any atom is -0.438 e. The molecule has 12 heavy (non-hydrogen) atoms. The largest absolute Gasteiger partial charge is 0.508 e. The molecule has 0 rings (SSSR count). The molecule has 0 aliphatic heterocycles. The Bertz CT molecular complexity index is 230. The van der Waals surface area contributed by atoms with Gasteiger partial charge >= 0.3 is 16.6 Å². The van der Waals surface area contributed by atoms with Crippen LogP contribution >= 0.6 is 0 Å². The fraction of sp³-hybridized carbons (Fsp3) is 0.750. The number of hydrogen-bond acceptors (Lipinski definition) is 6. The number of hydrogen-bond donors (Lipinski definition) is 1. The summed E-state index contributed by atoms with van der Waals surface area (Å²) in [5, 5.41) is 0. The van der Waals surface area contributed by atoms with Crippen LogP contribution in [-0.2, 0) is 24.1 Å².